The maximum atomic E-state index is 12.5. The van der Waals surface area contributed by atoms with E-state index in [-0.39, 0.29) is 29.8 Å². The fourth-order valence-electron chi connectivity index (χ4n) is 10.8. The zero-order valence-electron chi connectivity index (χ0n) is 57.2. The lowest BCUT2D eigenvalue weighted by molar-refractivity contribution is -0.192. The highest BCUT2D eigenvalue weighted by Crippen LogP contribution is 2.37. The second-order valence-corrected chi connectivity index (χ2v) is 28.5. The van der Waals surface area contributed by atoms with Gasteiger partial charge in [0.1, 0.15) is 39.5 Å². The molecule has 13 rings (SSSR count). The van der Waals surface area contributed by atoms with E-state index in [0.717, 1.165) is 96.5 Å². The van der Waals surface area contributed by atoms with Crippen LogP contribution in [0.1, 0.15) is 154 Å². The average molecular weight is 1620 g/mol. The number of phenolic OH excluding ortho intramolecular Hbond substituents is 1. The molecule has 6 aromatic carbocycles. The number of aromatic carboxylic acids is 1. The Balaban J connectivity index is 0.000000169. The molecule has 3 aromatic heterocycles. The molecule has 554 valence electrons. The summed E-state index contributed by atoms with van der Waals surface area (Å²) in [5.74, 6) is -0.230. The number of alkyl halides is 3. The Morgan fingerprint density at radius 2 is 0.894 bits per heavy atom. The summed E-state index contributed by atoms with van der Waals surface area (Å²) < 4.78 is 74.8. The number of carbonyl (C=O) groups is 4. The van der Waals surface area contributed by atoms with Crippen LogP contribution in [-0.4, -0.2) is 136 Å². The summed E-state index contributed by atoms with van der Waals surface area (Å²) in [7, 11) is 1.64. The Morgan fingerprint density at radius 3 is 1.28 bits per heavy atom. The molecule has 0 saturated heterocycles. The van der Waals surface area contributed by atoms with E-state index in [1.807, 2.05) is 127 Å². The van der Waals surface area contributed by atoms with Crippen molar-refractivity contribution in [3.8, 4) is 34.5 Å². The summed E-state index contributed by atoms with van der Waals surface area (Å²) in [6, 6.07) is 46.1. The number of aliphatic carboxylic acids is 1. The number of phenols is 1. The quantitative estimate of drug-likeness (QED) is 0.0394. The largest absolute Gasteiger partial charge is 0.508 e. The lowest BCUT2D eigenvalue weighted by Gasteiger charge is -2.14. The highest BCUT2D eigenvalue weighted by Gasteiger charge is 2.38. The number of aromatic amines is 2. The van der Waals surface area contributed by atoms with Crippen LogP contribution in [0, 0.1) is 0 Å². The van der Waals surface area contributed by atoms with Gasteiger partial charge >= 0.3 is 30.1 Å². The summed E-state index contributed by atoms with van der Waals surface area (Å²) in [6.45, 7) is 4.58. The van der Waals surface area contributed by atoms with Gasteiger partial charge in [0.25, 0.3) is 0 Å². The molecular weight excluding hydrogens is 1540 g/mol. The Morgan fingerprint density at radius 1 is 0.510 bits per heavy atom. The number of rotatable bonds is 22. The molecule has 0 amide bonds. The van der Waals surface area contributed by atoms with E-state index in [0.29, 0.717) is 52.3 Å². The van der Waals surface area contributed by atoms with Gasteiger partial charge in [-0.05, 0) is 225 Å². The lowest BCUT2D eigenvalue weighted by atomic mass is 10.2. The van der Waals surface area contributed by atoms with E-state index in [1.165, 1.54) is 99.5 Å². The molecule has 0 unspecified atom stereocenters. The fraction of sp³-hybridized carbons (Fsp3) is 0.370. The summed E-state index contributed by atoms with van der Waals surface area (Å²) in [5, 5.41) is 55.0. The number of ether oxygens (including phenoxy) is 7. The molecule has 23 nitrogen and oxygen atoms in total. The number of aromatic nitrogens is 9. The first-order valence-electron chi connectivity index (χ1n) is 33.7. The highest BCUT2D eigenvalue weighted by molar-refractivity contribution is 9.10. The van der Waals surface area contributed by atoms with E-state index in [4.69, 9.17) is 53.3 Å². The number of carbonyl (C=O) groups excluding carboxylic acids is 2. The number of hydrogen-bond acceptors (Lipinski definition) is 21. The third kappa shape index (κ3) is 27.4. The van der Waals surface area contributed by atoms with E-state index >= 15 is 0 Å². The predicted octanol–water partition coefficient (Wildman–Crippen LogP) is 18.0. The van der Waals surface area contributed by atoms with Gasteiger partial charge in [0.2, 0.25) is 17.1 Å². The Hall–Kier alpha value is -8.78. The number of methoxy groups -OCH3 is 1. The molecular formula is C73H80Br2F3N9O14S3. The predicted molar refractivity (Wildman–Crippen MR) is 391 cm³/mol. The van der Waals surface area contributed by atoms with Crippen LogP contribution in [-0.2, 0) is 20.8 Å². The molecule has 9 aromatic rings. The van der Waals surface area contributed by atoms with Crippen molar-refractivity contribution in [3.05, 3.63) is 177 Å². The summed E-state index contributed by atoms with van der Waals surface area (Å²) in [4.78, 5) is 47.0. The molecule has 4 aliphatic carbocycles. The van der Waals surface area contributed by atoms with Crippen molar-refractivity contribution in [1.82, 2.24) is 45.8 Å². The zero-order chi connectivity index (χ0) is 74.2. The van der Waals surface area contributed by atoms with Crippen molar-refractivity contribution >= 4 is 91.0 Å². The minimum atomic E-state index is -5.08. The first-order valence-corrected chi connectivity index (χ1v) is 37.7. The third-order valence-electron chi connectivity index (χ3n) is 15.7. The molecule has 4 fully saturated rings. The lowest BCUT2D eigenvalue weighted by Crippen LogP contribution is -2.21. The van der Waals surface area contributed by atoms with Gasteiger partial charge in [0.15, 0.2) is 10.1 Å². The molecule has 3 heterocycles. The summed E-state index contributed by atoms with van der Waals surface area (Å²) in [5.41, 5.74) is 1.37. The average Bonchev–Trinajstić information content (AvgIpc) is 1.66. The minimum absolute atomic E-state index is 0.0675. The number of benzene rings is 6. The topological polar surface area (TPSA) is 307 Å². The standard InChI is InChI=1S/C24H27N3O4S.C16H19N3O3S.C14H15N3O3S.C11H13BrO.C6H5BrO.C2HF3O2/c1-3-30-24(28)22-23(27(26-25-22)16-17-11-13-18(29-2)14-12-17)32-21-10-6-9-20(15-21)31-19-7-4-5-8-19;1-2-21-16(20)14-15(18-19-17-14)23-13-9-5-8-12(10-13)22-11-6-3-4-7-11;18-14(19)12-13(16-17-15-12)21-11-7-3-6-10(8-11)20-9-4-1-2-5-9;12-9-4-3-7-11(8-9)13-10-5-1-2-6-10;7-5-2-1-3-6(8)4-5;3-2(4,5)1(6)7/h6,9-15,19H,3-5,7-8,16H2,1-2H3;5,8-11H,2-4,6-7H2,1H3,(H,17,18,19);3,6-9H,1-2,4-5H2,(H,18,19)(H,15,16,17);3-4,7-8,10H,1-2,5-6H2;1-4,8H;(H,6,7). The van der Waals surface area contributed by atoms with E-state index in [9.17, 15) is 27.6 Å². The molecule has 104 heavy (non-hydrogen) atoms. The van der Waals surface area contributed by atoms with Gasteiger partial charge in [-0.2, -0.15) is 23.6 Å². The maximum Gasteiger partial charge on any atom is 0.490 e. The Bertz CT molecular complexity index is 4130. The summed E-state index contributed by atoms with van der Waals surface area (Å²) in [6.07, 6.45) is 15.3. The monoisotopic (exact) mass is 1620 g/mol. The SMILES string of the molecule is Brc1cccc(OC2CCCC2)c1.CCOC(=O)c1n[nH]nc1Sc1cccc(OC2CCCC2)c1.CCOC(=O)c1nnn(Cc2ccc(OC)cc2)c1Sc1cccc(OC2CCCC2)c1.O=C(O)C(F)(F)F.O=C(O)c1n[nH]nc1Sc1cccc(OC2CCCC2)c1.Oc1cccc(Br)c1. The van der Waals surface area contributed by atoms with Gasteiger partial charge in [0.05, 0.1) is 51.3 Å². The number of hydrogen-bond donors (Lipinski definition) is 5. The number of H-pyrrole nitrogens is 2. The number of halogens is 5. The van der Waals surface area contributed by atoms with Gasteiger partial charge in [-0.1, -0.05) is 115 Å². The molecule has 4 saturated carbocycles. The van der Waals surface area contributed by atoms with E-state index < -0.39 is 30.1 Å². The second kappa shape index (κ2) is 42.2. The van der Waals surface area contributed by atoms with Crippen LogP contribution < -0.4 is 23.7 Å². The van der Waals surface area contributed by atoms with Crippen molar-refractivity contribution in [2.45, 2.75) is 183 Å². The van der Waals surface area contributed by atoms with Crippen molar-refractivity contribution in [1.29, 1.82) is 0 Å². The normalized spacial score (nSPS) is 14.3. The van der Waals surface area contributed by atoms with Gasteiger partial charge in [0, 0.05) is 23.6 Å². The first kappa shape index (κ1) is 80.9. The van der Waals surface area contributed by atoms with Gasteiger partial charge in [-0.25, -0.2) is 23.9 Å². The Kier molecular flexibility index (Phi) is 32.9. The van der Waals surface area contributed by atoms with Gasteiger partial charge in [-0.15, -0.1) is 25.5 Å². The molecule has 4 aliphatic rings. The van der Waals surface area contributed by atoms with Gasteiger partial charge < -0.3 is 48.5 Å². The van der Waals surface area contributed by atoms with Crippen LogP contribution in [0.3, 0.4) is 0 Å². The molecule has 0 bridgehead atoms. The van der Waals surface area contributed by atoms with Crippen LogP contribution >= 0.6 is 67.1 Å². The van der Waals surface area contributed by atoms with Crippen LogP contribution in [0.2, 0.25) is 0 Å². The smallest absolute Gasteiger partial charge is 0.490 e. The Labute approximate surface area is 629 Å². The number of nitrogens with one attached hydrogen (secondary N) is 2. The number of esters is 2. The minimum Gasteiger partial charge on any atom is -0.508 e. The van der Waals surface area contributed by atoms with Crippen LogP contribution in [0.5, 0.6) is 34.5 Å². The molecule has 5 N–H and O–H groups in total. The number of aromatic hydroxyl groups is 1. The van der Waals surface area contributed by atoms with E-state index in [2.05, 4.69) is 73.0 Å². The maximum absolute atomic E-state index is 12.5. The molecule has 0 atom stereocenters. The third-order valence-corrected chi connectivity index (χ3v) is 19.7. The number of carboxylic acid groups (broad SMARTS) is 2. The van der Waals surface area contributed by atoms with Crippen LogP contribution in [0.25, 0.3) is 0 Å². The highest BCUT2D eigenvalue weighted by atomic mass is 79.9. The molecule has 0 aliphatic heterocycles. The van der Waals surface area contributed by atoms with E-state index in [1.54, 1.807) is 43.8 Å². The zero-order valence-corrected chi connectivity index (χ0v) is 62.8. The van der Waals surface area contributed by atoms with Crippen LogP contribution in [0.15, 0.2) is 184 Å². The van der Waals surface area contributed by atoms with Crippen molar-refractivity contribution in [3.63, 3.8) is 0 Å². The molecule has 31 heteroatoms. The molecule has 0 spiro atoms. The number of nitrogens with zero attached hydrogens (tertiary/aromatic N) is 7. The van der Waals surface area contributed by atoms with Crippen molar-refractivity contribution in [2.24, 2.45) is 0 Å². The number of carboxylic acids is 2. The van der Waals surface area contributed by atoms with Gasteiger partial charge in [-0.3, -0.25) is 0 Å². The fourth-order valence-corrected chi connectivity index (χ4v) is 14.2. The second-order valence-electron chi connectivity index (χ2n) is 23.5. The summed E-state index contributed by atoms with van der Waals surface area (Å²) >= 11 is 10.7. The first-order chi connectivity index (χ1) is 50.2. The molecule has 0 radical (unpaired) electrons. The van der Waals surface area contributed by atoms with Crippen LogP contribution in [0.4, 0.5) is 13.2 Å². The van der Waals surface area contributed by atoms with Crippen molar-refractivity contribution < 1.29 is 80.8 Å². The van der Waals surface area contributed by atoms with Crippen molar-refractivity contribution in [2.75, 3.05) is 20.3 Å².